The van der Waals surface area contributed by atoms with Crippen LogP contribution in [0.5, 0.6) is 0 Å². The fraction of sp³-hybridized carbons (Fsp3) is 1.00. The molecule has 1 fully saturated rings. The first-order valence-corrected chi connectivity index (χ1v) is 10.0. The van der Waals surface area contributed by atoms with E-state index in [1.165, 1.54) is 12.8 Å². The van der Waals surface area contributed by atoms with Gasteiger partial charge >= 0.3 is 0 Å². The molecule has 0 heterocycles. The highest BCUT2D eigenvalue weighted by molar-refractivity contribution is 6.74. The smallest absolute Gasteiger partial charge is 0.192 e. The van der Waals surface area contributed by atoms with Crippen LogP contribution in [0, 0.1) is 17.3 Å². The van der Waals surface area contributed by atoms with Gasteiger partial charge in [-0.1, -0.05) is 41.5 Å². The Morgan fingerprint density at radius 3 is 2.12 bits per heavy atom. The van der Waals surface area contributed by atoms with Crippen molar-refractivity contribution in [3.8, 4) is 0 Å². The number of hydrogen-bond acceptors (Lipinski definition) is 1. The summed E-state index contributed by atoms with van der Waals surface area (Å²) in [5.74, 6) is 1.66. The second-order valence-electron chi connectivity index (χ2n) is 8.01. The van der Waals surface area contributed by atoms with Crippen LogP contribution in [0.4, 0.5) is 0 Å². The van der Waals surface area contributed by atoms with Crippen LogP contribution < -0.4 is 0 Å². The SMILES string of the molecule is CC1CC[C@@](C)(CO[Si](C)(C)C(C)(C)C)C1C. The van der Waals surface area contributed by atoms with Crippen LogP contribution in [0.25, 0.3) is 0 Å². The van der Waals surface area contributed by atoms with E-state index in [0.29, 0.717) is 10.5 Å². The average molecular weight is 257 g/mol. The summed E-state index contributed by atoms with van der Waals surface area (Å²) in [6, 6.07) is 0. The Morgan fingerprint density at radius 2 is 1.76 bits per heavy atom. The van der Waals surface area contributed by atoms with Gasteiger partial charge in [0.05, 0.1) is 0 Å². The highest BCUT2D eigenvalue weighted by Crippen LogP contribution is 2.48. The lowest BCUT2D eigenvalue weighted by molar-refractivity contribution is 0.106. The molecule has 3 atom stereocenters. The van der Waals surface area contributed by atoms with E-state index >= 15 is 0 Å². The maximum Gasteiger partial charge on any atom is 0.192 e. The van der Waals surface area contributed by atoms with Crippen LogP contribution in [0.15, 0.2) is 0 Å². The molecule has 1 aliphatic carbocycles. The van der Waals surface area contributed by atoms with Crippen molar-refractivity contribution >= 4 is 8.32 Å². The Kier molecular flexibility index (Phi) is 4.21. The molecule has 2 unspecified atom stereocenters. The zero-order chi connectivity index (χ0) is 13.5. The highest BCUT2D eigenvalue weighted by Gasteiger charge is 2.44. The van der Waals surface area contributed by atoms with E-state index in [1.807, 2.05) is 0 Å². The minimum Gasteiger partial charge on any atom is -0.416 e. The summed E-state index contributed by atoms with van der Waals surface area (Å²) < 4.78 is 6.44. The summed E-state index contributed by atoms with van der Waals surface area (Å²) in [5, 5.41) is 0.330. The van der Waals surface area contributed by atoms with Crippen molar-refractivity contribution in [2.24, 2.45) is 17.3 Å². The summed E-state index contributed by atoms with van der Waals surface area (Å²) >= 11 is 0. The lowest BCUT2D eigenvalue weighted by Gasteiger charge is -2.40. The van der Waals surface area contributed by atoms with Gasteiger partial charge in [0, 0.05) is 6.61 Å². The van der Waals surface area contributed by atoms with Gasteiger partial charge in [0.1, 0.15) is 0 Å². The van der Waals surface area contributed by atoms with E-state index in [9.17, 15) is 0 Å². The summed E-state index contributed by atoms with van der Waals surface area (Å²) in [6.07, 6.45) is 2.71. The molecule has 1 rings (SSSR count). The third-order valence-corrected chi connectivity index (χ3v) is 10.2. The average Bonchev–Trinajstić information content (AvgIpc) is 2.43. The van der Waals surface area contributed by atoms with Gasteiger partial charge in [-0.25, -0.2) is 0 Å². The molecule has 0 saturated heterocycles. The molecule has 1 saturated carbocycles. The van der Waals surface area contributed by atoms with Crippen molar-refractivity contribution in [1.29, 1.82) is 0 Å². The summed E-state index contributed by atoms with van der Waals surface area (Å²) in [5.41, 5.74) is 0.412. The predicted molar refractivity (Wildman–Crippen MR) is 78.8 cm³/mol. The van der Waals surface area contributed by atoms with E-state index in [2.05, 4.69) is 54.6 Å². The normalized spacial score (nSPS) is 35.3. The van der Waals surface area contributed by atoms with Crippen molar-refractivity contribution in [3.63, 3.8) is 0 Å². The maximum atomic E-state index is 6.44. The van der Waals surface area contributed by atoms with Crippen LogP contribution in [0.1, 0.15) is 54.4 Å². The topological polar surface area (TPSA) is 9.23 Å². The van der Waals surface area contributed by atoms with Crippen LogP contribution >= 0.6 is 0 Å². The lowest BCUT2D eigenvalue weighted by Crippen LogP contribution is -2.44. The van der Waals surface area contributed by atoms with Crippen LogP contribution in [-0.4, -0.2) is 14.9 Å². The number of rotatable bonds is 3. The van der Waals surface area contributed by atoms with Crippen molar-refractivity contribution in [2.45, 2.75) is 72.5 Å². The Hall–Kier alpha value is 0.177. The molecule has 17 heavy (non-hydrogen) atoms. The molecular formula is C15H32OSi. The first kappa shape index (κ1) is 15.2. The van der Waals surface area contributed by atoms with Gasteiger partial charge in [-0.2, -0.15) is 0 Å². The zero-order valence-electron chi connectivity index (χ0n) is 13.2. The molecule has 0 spiro atoms. The van der Waals surface area contributed by atoms with Gasteiger partial charge in [0.25, 0.3) is 0 Å². The predicted octanol–water partition coefficient (Wildman–Crippen LogP) is 5.08. The molecule has 0 aromatic rings. The van der Waals surface area contributed by atoms with Gasteiger partial charge in [-0.15, -0.1) is 0 Å². The molecule has 0 radical (unpaired) electrons. The second-order valence-corrected chi connectivity index (χ2v) is 12.8. The van der Waals surface area contributed by atoms with Crippen LogP contribution in [0.3, 0.4) is 0 Å². The van der Waals surface area contributed by atoms with E-state index in [-0.39, 0.29) is 0 Å². The first-order valence-electron chi connectivity index (χ1n) is 7.13. The van der Waals surface area contributed by atoms with E-state index in [0.717, 1.165) is 18.4 Å². The summed E-state index contributed by atoms with van der Waals surface area (Å²) in [4.78, 5) is 0. The molecule has 2 heteroatoms. The molecular weight excluding hydrogens is 224 g/mol. The van der Waals surface area contributed by atoms with Gasteiger partial charge < -0.3 is 4.43 Å². The molecule has 1 aliphatic rings. The molecule has 0 amide bonds. The van der Waals surface area contributed by atoms with Crippen molar-refractivity contribution in [3.05, 3.63) is 0 Å². The third-order valence-electron chi connectivity index (χ3n) is 5.69. The summed E-state index contributed by atoms with van der Waals surface area (Å²) in [7, 11) is -1.57. The molecule has 0 aromatic carbocycles. The molecule has 1 nitrogen and oxygen atoms in total. The Bertz CT molecular complexity index is 267. The molecule has 0 N–H and O–H groups in total. The molecule has 0 aliphatic heterocycles. The van der Waals surface area contributed by atoms with E-state index in [4.69, 9.17) is 4.43 Å². The minimum absolute atomic E-state index is 0.330. The Balaban J connectivity index is 2.63. The molecule has 0 aromatic heterocycles. The van der Waals surface area contributed by atoms with Gasteiger partial charge in [0.2, 0.25) is 0 Å². The van der Waals surface area contributed by atoms with Crippen molar-refractivity contribution < 1.29 is 4.43 Å². The van der Waals surface area contributed by atoms with Crippen molar-refractivity contribution in [2.75, 3.05) is 6.61 Å². The molecule has 102 valence electrons. The number of hydrogen-bond donors (Lipinski definition) is 0. The monoisotopic (exact) mass is 256 g/mol. The lowest BCUT2D eigenvalue weighted by atomic mass is 9.79. The minimum atomic E-state index is -1.57. The second kappa shape index (κ2) is 4.69. The fourth-order valence-electron chi connectivity index (χ4n) is 2.49. The van der Waals surface area contributed by atoms with Crippen molar-refractivity contribution in [1.82, 2.24) is 0 Å². The highest BCUT2D eigenvalue weighted by atomic mass is 28.4. The largest absolute Gasteiger partial charge is 0.416 e. The van der Waals surface area contributed by atoms with Crippen LogP contribution in [0.2, 0.25) is 18.1 Å². The quantitative estimate of drug-likeness (QED) is 0.640. The zero-order valence-corrected chi connectivity index (χ0v) is 14.2. The van der Waals surface area contributed by atoms with Crippen LogP contribution in [-0.2, 0) is 4.43 Å². The Morgan fingerprint density at radius 1 is 1.24 bits per heavy atom. The fourth-order valence-corrected chi connectivity index (χ4v) is 3.61. The summed E-state index contributed by atoms with van der Waals surface area (Å²) in [6.45, 7) is 19.9. The maximum absolute atomic E-state index is 6.44. The van der Waals surface area contributed by atoms with Gasteiger partial charge in [-0.3, -0.25) is 0 Å². The first-order chi connectivity index (χ1) is 7.50. The van der Waals surface area contributed by atoms with Gasteiger partial charge in [-0.05, 0) is 48.2 Å². The van der Waals surface area contributed by atoms with Gasteiger partial charge in [0.15, 0.2) is 8.32 Å². The Labute approximate surface area is 109 Å². The molecule has 0 bridgehead atoms. The van der Waals surface area contributed by atoms with E-state index in [1.54, 1.807) is 0 Å². The third kappa shape index (κ3) is 3.14. The standard InChI is InChI=1S/C15H32OSi/c1-12-9-10-15(6,13(12)2)11-16-17(7,8)14(3,4)5/h12-13H,9-11H2,1-8H3/t12?,13?,15-/m0/s1. The van der Waals surface area contributed by atoms with E-state index < -0.39 is 8.32 Å².